The Kier molecular flexibility index (Phi) is 6.08. The molecule has 1 heterocycles. The molecule has 1 amide bonds. The van der Waals surface area contributed by atoms with Gasteiger partial charge in [-0.1, -0.05) is 61.5 Å². The number of Topliss-reactive ketones (excluding diaryl/α,β-unsaturated/α-hetero) is 1. The maximum Gasteiger partial charge on any atom is 0.300 e. The maximum atomic E-state index is 13.2. The van der Waals surface area contributed by atoms with E-state index in [-0.39, 0.29) is 11.3 Å². The Balaban J connectivity index is 1.91. The van der Waals surface area contributed by atoms with Gasteiger partial charge in [0.25, 0.3) is 11.7 Å². The van der Waals surface area contributed by atoms with Crippen LogP contribution in [0.25, 0.3) is 5.76 Å². The molecule has 0 aromatic heterocycles. The number of benzene rings is 3. The first kappa shape index (κ1) is 21.4. The zero-order valence-electron chi connectivity index (χ0n) is 18.1. The Hall–Kier alpha value is -3.86. The molecule has 5 nitrogen and oxygen atoms in total. The molecule has 0 spiro atoms. The molecule has 3 aromatic carbocycles. The van der Waals surface area contributed by atoms with Crippen LogP contribution < -0.4 is 9.64 Å². The topological polar surface area (TPSA) is 66.8 Å². The van der Waals surface area contributed by atoms with Gasteiger partial charge >= 0.3 is 0 Å². The number of aliphatic hydroxyl groups is 1. The molecular weight excluding hydrogens is 402 g/mol. The highest BCUT2D eigenvalue weighted by Gasteiger charge is 2.47. The van der Waals surface area contributed by atoms with Gasteiger partial charge in [0.05, 0.1) is 18.2 Å². The summed E-state index contributed by atoms with van der Waals surface area (Å²) in [6.45, 7) is 4.43. The molecule has 1 aliphatic heterocycles. The van der Waals surface area contributed by atoms with E-state index in [4.69, 9.17) is 4.74 Å². The van der Waals surface area contributed by atoms with Crippen molar-refractivity contribution in [1.82, 2.24) is 0 Å². The number of para-hydroxylation sites is 1. The normalized spacial score (nSPS) is 17.6. The van der Waals surface area contributed by atoms with Gasteiger partial charge in [-0.25, -0.2) is 0 Å². The summed E-state index contributed by atoms with van der Waals surface area (Å²) in [6, 6.07) is 22.9. The molecule has 1 unspecified atom stereocenters. The van der Waals surface area contributed by atoms with Crippen LogP contribution in [0.15, 0.2) is 84.4 Å². The molecule has 5 heteroatoms. The van der Waals surface area contributed by atoms with Gasteiger partial charge in [0.2, 0.25) is 0 Å². The average molecular weight is 428 g/mol. The number of amides is 1. The molecule has 0 bridgehead atoms. The van der Waals surface area contributed by atoms with Crippen LogP contribution in [-0.4, -0.2) is 23.4 Å². The lowest BCUT2D eigenvalue weighted by Gasteiger charge is -2.25. The number of aryl methyl sites for hydroxylation is 1. The highest BCUT2D eigenvalue weighted by Crippen LogP contribution is 2.42. The van der Waals surface area contributed by atoms with Crippen molar-refractivity contribution in [1.29, 1.82) is 0 Å². The molecule has 3 aromatic rings. The standard InChI is InChI=1S/C27H25NO4/c1-3-18-13-15-19(16-14-18)25(29)23-24(20-9-8-12-22(17-20)32-4-2)28(27(31)26(23)30)21-10-6-5-7-11-21/h5-17,24,29H,3-4H2,1-2H3/b25-23-. The molecule has 1 fully saturated rings. The molecule has 0 radical (unpaired) electrons. The fourth-order valence-electron chi connectivity index (χ4n) is 4.00. The molecule has 1 aliphatic rings. The number of nitrogens with zero attached hydrogens (tertiary/aromatic N) is 1. The van der Waals surface area contributed by atoms with Crippen molar-refractivity contribution in [2.45, 2.75) is 26.3 Å². The second kappa shape index (κ2) is 9.10. The Morgan fingerprint density at radius 1 is 0.938 bits per heavy atom. The third-order valence-electron chi connectivity index (χ3n) is 5.60. The van der Waals surface area contributed by atoms with E-state index in [2.05, 4.69) is 0 Å². The Morgan fingerprint density at radius 2 is 1.66 bits per heavy atom. The first-order valence-electron chi connectivity index (χ1n) is 10.7. The van der Waals surface area contributed by atoms with Gasteiger partial charge in [-0.15, -0.1) is 0 Å². The van der Waals surface area contributed by atoms with Crippen molar-refractivity contribution >= 4 is 23.1 Å². The minimum absolute atomic E-state index is 0.0664. The average Bonchev–Trinajstić information content (AvgIpc) is 3.10. The number of hydrogen-bond donors (Lipinski definition) is 1. The minimum Gasteiger partial charge on any atom is -0.507 e. The van der Waals surface area contributed by atoms with Crippen LogP contribution in [0.1, 0.15) is 36.6 Å². The van der Waals surface area contributed by atoms with E-state index in [0.29, 0.717) is 29.2 Å². The van der Waals surface area contributed by atoms with Crippen LogP contribution in [0.2, 0.25) is 0 Å². The number of carbonyl (C=O) groups excluding carboxylic acids is 2. The van der Waals surface area contributed by atoms with Crippen LogP contribution in [0.4, 0.5) is 5.69 Å². The summed E-state index contributed by atoms with van der Waals surface area (Å²) in [5, 5.41) is 11.2. The summed E-state index contributed by atoms with van der Waals surface area (Å²) in [5.74, 6) is -0.931. The molecule has 4 rings (SSSR count). The number of ketones is 1. The van der Waals surface area contributed by atoms with E-state index in [9.17, 15) is 14.7 Å². The van der Waals surface area contributed by atoms with Crippen molar-refractivity contribution in [3.05, 3.63) is 101 Å². The SMILES string of the molecule is CCOc1cccc(C2/C(=C(/O)c3ccc(CC)cc3)C(=O)C(=O)N2c2ccccc2)c1. The monoisotopic (exact) mass is 427 g/mol. The number of hydrogen-bond acceptors (Lipinski definition) is 4. The van der Waals surface area contributed by atoms with Gasteiger partial charge in [0.15, 0.2) is 0 Å². The smallest absolute Gasteiger partial charge is 0.300 e. The Bertz CT molecular complexity index is 1170. The second-order valence-electron chi connectivity index (χ2n) is 7.56. The summed E-state index contributed by atoms with van der Waals surface area (Å²) in [4.78, 5) is 27.8. The van der Waals surface area contributed by atoms with Crippen LogP contribution in [0, 0.1) is 0 Å². The van der Waals surface area contributed by atoms with Gasteiger partial charge in [0, 0.05) is 11.3 Å². The third-order valence-corrected chi connectivity index (χ3v) is 5.60. The maximum absolute atomic E-state index is 13.2. The van der Waals surface area contributed by atoms with Crippen molar-refractivity contribution in [3.8, 4) is 5.75 Å². The fraction of sp³-hybridized carbons (Fsp3) is 0.185. The van der Waals surface area contributed by atoms with E-state index in [0.717, 1.165) is 12.0 Å². The molecular formula is C27H25NO4. The summed E-state index contributed by atoms with van der Waals surface area (Å²) < 4.78 is 5.64. The van der Waals surface area contributed by atoms with E-state index in [1.807, 2.05) is 68.4 Å². The van der Waals surface area contributed by atoms with Crippen LogP contribution in [0.5, 0.6) is 5.75 Å². The number of carbonyl (C=O) groups is 2. The van der Waals surface area contributed by atoms with Crippen molar-refractivity contribution in [2.24, 2.45) is 0 Å². The van der Waals surface area contributed by atoms with Crippen LogP contribution in [0.3, 0.4) is 0 Å². The second-order valence-corrected chi connectivity index (χ2v) is 7.56. The number of anilines is 1. The Labute approximate surface area is 187 Å². The highest BCUT2D eigenvalue weighted by atomic mass is 16.5. The van der Waals surface area contributed by atoms with E-state index >= 15 is 0 Å². The Morgan fingerprint density at radius 3 is 2.31 bits per heavy atom. The summed E-state index contributed by atoms with van der Waals surface area (Å²) in [5.41, 5.74) is 2.95. The highest BCUT2D eigenvalue weighted by molar-refractivity contribution is 6.51. The van der Waals surface area contributed by atoms with Gasteiger partial charge in [0.1, 0.15) is 11.5 Å². The first-order valence-corrected chi connectivity index (χ1v) is 10.7. The molecule has 1 N–H and O–H groups in total. The number of rotatable bonds is 6. The van der Waals surface area contributed by atoms with Gasteiger partial charge in [-0.2, -0.15) is 0 Å². The van der Waals surface area contributed by atoms with Crippen molar-refractivity contribution in [2.75, 3.05) is 11.5 Å². The van der Waals surface area contributed by atoms with Gasteiger partial charge < -0.3 is 9.84 Å². The summed E-state index contributed by atoms with van der Waals surface area (Å²) >= 11 is 0. The summed E-state index contributed by atoms with van der Waals surface area (Å²) in [6.07, 6.45) is 0.865. The van der Waals surface area contributed by atoms with E-state index < -0.39 is 17.7 Å². The number of aliphatic hydroxyl groups excluding tert-OH is 1. The molecule has 162 valence electrons. The molecule has 1 saturated heterocycles. The molecule has 0 aliphatic carbocycles. The van der Waals surface area contributed by atoms with Crippen LogP contribution >= 0.6 is 0 Å². The van der Waals surface area contributed by atoms with Crippen molar-refractivity contribution in [3.63, 3.8) is 0 Å². The largest absolute Gasteiger partial charge is 0.507 e. The predicted molar refractivity (Wildman–Crippen MR) is 125 cm³/mol. The lowest BCUT2D eigenvalue weighted by atomic mass is 9.94. The quantitative estimate of drug-likeness (QED) is 0.330. The van der Waals surface area contributed by atoms with Crippen LogP contribution in [-0.2, 0) is 16.0 Å². The van der Waals surface area contributed by atoms with E-state index in [1.165, 1.54) is 4.90 Å². The molecule has 0 saturated carbocycles. The van der Waals surface area contributed by atoms with Gasteiger partial charge in [-0.3, -0.25) is 14.5 Å². The minimum atomic E-state index is -0.774. The van der Waals surface area contributed by atoms with Gasteiger partial charge in [-0.05, 0) is 48.7 Å². The summed E-state index contributed by atoms with van der Waals surface area (Å²) in [7, 11) is 0. The predicted octanol–water partition coefficient (Wildman–Crippen LogP) is 5.27. The third kappa shape index (κ3) is 3.89. The lowest BCUT2D eigenvalue weighted by Crippen LogP contribution is -2.29. The van der Waals surface area contributed by atoms with Crippen molar-refractivity contribution < 1.29 is 19.4 Å². The molecule has 1 atom stereocenters. The zero-order chi connectivity index (χ0) is 22.7. The molecule has 32 heavy (non-hydrogen) atoms. The zero-order valence-corrected chi connectivity index (χ0v) is 18.1. The lowest BCUT2D eigenvalue weighted by molar-refractivity contribution is -0.132. The first-order chi connectivity index (χ1) is 15.5. The number of ether oxygens (including phenoxy) is 1. The van der Waals surface area contributed by atoms with E-state index in [1.54, 1.807) is 24.3 Å². The fourth-order valence-corrected chi connectivity index (χ4v) is 4.00.